The molecule has 2 atom stereocenters. The van der Waals surface area contributed by atoms with Gasteiger partial charge in [-0.3, -0.25) is 0 Å². The van der Waals surface area contributed by atoms with Crippen LogP contribution < -0.4 is 14.8 Å². The van der Waals surface area contributed by atoms with Gasteiger partial charge in [0.15, 0.2) is 11.5 Å². The number of rotatable bonds is 8. The van der Waals surface area contributed by atoms with Crippen molar-refractivity contribution in [2.24, 2.45) is 0 Å². The fourth-order valence-corrected chi connectivity index (χ4v) is 2.27. The molecule has 1 aromatic rings. The Bertz CT molecular complexity index is 451. The minimum Gasteiger partial charge on any atom is -0.493 e. The molecular formula is C17H25NO2. The van der Waals surface area contributed by atoms with Crippen molar-refractivity contribution in [1.82, 2.24) is 5.32 Å². The molecule has 0 aromatic heterocycles. The first kappa shape index (κ1) is 16.4. The third kappa shape index (κ3) is 4.18. The zero-order chi connectivity index (χ0) is 15.0. The highest BCUT2D eigenvalue weighted by molar-refractivity contribution is 5.43. The molecule has 0 aliphatic rings. The lowest BCUT2D eigenvalue weighted by molar-refractivity contribution is 0.352. The molecule has 0 bridgehead atoms. The first-order valence-electron chi connectivity index (χ1n) is 7.11. The summed E-state index contributed by atoms with van der Waals surface area (Å²) in [6, 6.07) is 6.67. The van der Waals surface area contributed by atoms with Gasteiger partial charge in [-0.2, -0.15) is 0 Å². The Morgan fingerprint density at radius 3 is 2.35 bits per heavy atom. The third-order valence-electron chi connectivity index (χ3n) is 3.51. The van der Waals surface area contributed by atoms with Crippen LogP contribution in [0.4, 0.5) is 0 Å². The van der Waals surface area contributed by atoms with E-state index in [2.05, 4.69) is 31.2 Å². The van der Waals surface area contributed by atoms with Gasteiger partial charge >= 0.3 is 0 Å². The normalized spacial score (nSPS) is 13.3. The predicted molar refractivity (Wildman–Crippen MR) is 83.2 cm³/mol. The van der Waals surface area contributed by atoms with Gasteiger partial charge in [0.2, 0.25) is 0 Å². The van der Waals surface area contributed by atoms with Crippen LogP contribution in [0.2, 0.25) is 0 Å². The van der Waals surface area contributed by atoms with E-state index in [1.807, 2.05) is 12.1 Å². The molecule has 1 aromatic carbocycles. The summed E-state index contributed by atoms with van der Waals surface area (Å²) in [6.45, 7) is 4.31. The van der Waals surface area contributed by atoms with Crippen LogP contribution in [0.3, 0.4) is 0 Å². The minimum atomic E-state index is 0.271. The highest BCUT2D eigenvalue weighted by atomic mass is 16.5. The molecule has 0 saturated carbocycles. The molecule has 0 spiro atoms. The van der Waals surface area contributed by atoms with Crippen LogP contribution in [0.15, 0.2) is 18.2 Å². The van der Waals surface area contributed by atoms with Crippen molar-refractivity contribution < 1.29 is 9.47 Å². The van der Waals surface area contributed by atoms with Crippen molar-refractivity contribution in [3.63, 3.8) is 0 Å². The van der Waals surface area contributed by atoms with Crippen molar-refractivity contribution in [2.45, 2.75) is 45.2 Å². The molecule has 0 saturated heterocycles. The van der Waals surface area contributed by atoms with Gasteiger partial charge in [0, 0.05) is 18.5 Å². The van der Waals surface area contributed by atoms with Crippen LogP contribution in [0, 0.1) is 12.3 Å². The maximum absolute atomic E-state index is 5.42. The monoisotopic (exact) mass is 275 g/mol. The zero-order valence-corrected chi connectivity index (χ0v) is 12.9. The van der Waals surface area contributed by atoms with Crippen LogP contribution >= 0.6 is 0 Å². The molecule has 0 radical (unpaired) electrons. The Balaban J connectivity index is 2.92. The number of ether oxygens (including phenoxy) is 2. The summed E-state index contributed by atoms with van der Waals surface area (Å²) >= 11 is 0. The summed E-state index contributed by atoms with van der Waals surface area (Å²) in [5, 5.41) is 3.62. The lowest BCUT2D eigenvalue weighted by atomic mass is 10.0. The quantitative estimate of drug-likeness (QED) is 0.736. The standard InChI is InChI=1S/C17H25NO2/c1-6-9-14(7-2)18-15(8-3)13-10-11-16(19-4)17(12-13)20-5/h1,10-12,14-15,18H,7-9H2,2-5H3. The average Bonchev–Trinajstić information content (AvgIpc) is 2.50. The van der Waals surface area contributed by atoms with Gasteiger partial charge in [0.1, 0.15) is 0 Å². The highest BCUT2D eigenvalue weighted by Gasteiger charge is 2.15. The van der Waals surface area contributed by atoms with Gasteiger partial charge in [-0.05, 0) is 30.5 Å². The van der Waals surface area contributed by atoms with E-state index < -0.39 is 0 Å². The molecule has 110 valence electrons. The number of benzene rings is 1. The van der Waals surface area contributed by atoms with Crippen LogP contribution in [-0.4, -0.2) is 20.3 Å². The van der Waals surface area contributed by atoms with E-state index in [-0.39, 0.29) is 6.04 Å². The molecular weight excluding hydrogens is 250 g/mol. The molecule has 1 N–H and O–H groups in total. The Morgan fingerprint density at radius 2 is 1.85 bits per heavy atom. The van der Waals surface area contributed by atoms with Crippen LogP contribution in [0.1, 0.15) is 44.7 Å². The van der Waals surface area contributed by atoms with E-state index in [0.29, 0.717) is 6.04 Å². The van der Waals surface area contributed by atoms with Gasteiger partial charge in [0.05, 0.1) is 14.2 Å². The second-order valence-corrected chi connectivity index (χ2v) is 4.76. The Morgan fingerprint density at radius 1 is 1.15 bits per heavy atom. The van der Waals surface area contributed by atoms with Crippen molar-refractivity contribution in [2.75, 3.05) is 14.2 Å². The van der Waals surface area contributed by atoms with E-state index in [9.17, 15) is 0 Å². The fourth-order valence-electron chi connectivity index (χ4n) is 2.27. The summed E-state index contributed by atoms with van der Waals surface area (Å²) in [5.74, 6) is 4.24. The average molecular weight is 275 g/mol. The number of methoxy groups -OCH3 is 2. The molecule has 3 heteroatoms. The van der Waals surface area contributed by atoms with Crippen molar-refractivity contribution in [3.05, 3.63) is 23.8 Å². The fraction of sp³-hybridized carbons (Fsp3) is 0.529. The lowest BCUT2D eigenvalue weighted by Gasteiger charge is -2.24. The van der Waals surface area contributed by atoms with Gasteiger partial charge < -0.3 is 14.8 Å². The number of terminal acetylenes is 1. The summed E-state index contributed by atoms with van der Waals surface area (Å²) in [4.78, 5) is 0. The second kappa shape index (κ2) is 8.50. The van der Waals surface area contributed by atoms with Gasteiger partial charge in [0.25, 0.3) is 0 Å². The summed E-state index contributed by atoms with van der Waals surface area (Å²) < 4.78 is 10.6. The number of hydrogen-bond donors (Lipinski definition) is 1. The molecule has 1 rings (SSSR count). The second-order valence-electron chi connectivity index (χ2n) is 4.76. The Labute approximate surface area is 122 Å². The molecule has 20 heavy (non-hydrogen) atoms. The number of nitrogens with one attached hydrogen (secondary N) is 1. The maximum atomic E-state index is 5.42. The van der Waals surface area contributed by atoms with Gasteiger partial charge in [-0.25, -0.2) is 0 Å². The molecule has 0 fully saturated rings. The number of hydrogen-bond acceptors (Lipinski definition) is 3. The first-order valence-corrected chi connectivity index (χ1v) is 7.11. The topological polar surface area (TPSA) is 30.5 Å². The minimum absolute atomic E-state index is 0.271. The third-order valence-corrected chi connectivity index (χ3v) is 3.51. The Hall–Kier alpha value is -1.66. The molecule has 2 unspecified atom stereocenters. The van der Waals surface area contributed by atoms with Gasteiger partial charge in [-0.1, -0.05) is 19.9 Å². The van der Waals surface area contributed by atoms with E-state index in [4.69, 9.17) is 15.9 Å². The summed E-state index contributed by atoms with van der Waals surface area (Å²) in [7, 11) is 3.30. The van der Waals surface area contributed by atoms with Crippen molar-refractivity contribution in [1.29, 1.82) is 0 Å². The smallest absolute Gasteiger partial charge is 0.161 e. The largest absolute Gasteiger partial charge is 0.493 e. The van der Waals surface area contributed by atoms with Crippen LogP contribution in [0.25, 0.3) is 0 Å². The summed E-state index contributed by atoms with van der Waals surface area (Å²) in [6.07, 6.45) is 8.19. The predicted octanol–water partition coefficient (Wildman–Crippen LogP) is 3.55. The molecule has 3 nitrogen and oxygen atoms in total. The van der Waals surface area contributed by atoms with Crippen molar-refractivity contribution in [3.8, 4) is 23.8 Å². The lowest BCUT2D eigenvalue weighted by Crippen LogP contribution is -2.31. The van der Waals surface area contributed by atoms with E-state index in [0.717, 1.165) is 30.8 Å². The molecule has 0 amide bonds. The van der Waals surface area contributed by atoms with E-state index in [1.54, 1.807) is 14.2 Å². The molecule has 0 heterocycles. The first-order chi connectivity index (χ1) is 9.69. The van der Waals surface area contributed by atoms with Crippen molar-refractivity contribution >= 4 is 0 Å². The molecule has 0 aliphatic heterocycles. The SMILES string of the molecule is C#CCC(CC)NC(CC)c1ccc(OC)c(OC)c1. The van der Waals surface area contributed by atoms with E-state index in [1.165, 1.54) is 5.56 Å². The van der Waals surface area contributed by atoms with E-state index >= 15 is 0 Å². The maximum Gasteiger partial charge on any atom is 0.161 e. The van der Waals surface area contributed by atoms with Gasteiger partial charge in [-0.15, -0.1) is 12.3 Å². The van der Waals surface area contributed by atoms with Crippen LogP contribution in [-0.2, 0) is 0 Å². The Kier molecular flexibility index (Phi) is 6.97. The summed E-state index contributed by atoms with van der Waals surface area (Å²) in [5.41, 5.74) is 1.20. The highest BCUT2D eigenvalue weighted by Crippen LogP contribution is 2.31. The molecule has 0 aliphatic carbocycles. The van der Waals surface area contributed by atoms with Crippen LogP contribution in [0.5, 0.6) is 11.5 Å². The zero-order valence-electron chi connectivity index (χ0n) is 12.9.